The fourth-order valence-electron chi connectivity index (χ4n) is 2.90. The van der Waals surface area contributed by atoms with Crippen molar-refractivity contribution in [2.24, 2.45) is 0 Å². The van der Waals surface area contributed by atoms with E-state index < -0.39 is 26.0 Å². The Morgan fingerprint density at radius 3 is 2.30 bits per heavy atom. The van der Waals surface area contributed by atoms with Crippen LogP contribution in [0.4, 0.5) is 0 Å². The lowest BCUT2D eigenvalue weighted by molar-refractivity contribution is 0.0952. The summed E-state index contributed by atoms with van der Waals surface area (Å²) in [5, 5.41) is 4.36. The van der Waals surface area contributed by atoms with E-state index in [-0.39, 0.29) is 22.1 Å². The second-order valence-corrected chi connectivity index (χ2v) is 12.6. The second-order valence-electron chi connectivity index (χ2n) is 6.59. The standard InChI is InChI=1S/C18H23N3O5S4/c1-19-29(23,24)13-15-4-2-14(3-5-15)12-20-18(22)17-16(6-9-28-17)30(25,26)21-7-10-27-11-8-21/h2-6,9,19H,7-8,10-13H2,1H3,(H,20,22). The van der Waals surface area contributed by atoms with Crippen molar-refractivity contribution >= 4 is 49.1 Å². The molecule has 8 nitrogen and oxygen atoms in total. The highest BCUT2D eigenvalue weighted by atomic mass is 32.2. The highest BCUT2D eigenvalue weighted by Crippen LogP contribution is 2.27. The molecule has 0 radical (unpaired) electrons. The maximum absolute atomic E-state index is 12.9. The van der Waals surface area contributed by atoms with Gasteiger partial charge in [0, 0.05) is 31.1 Å². The number of sulfonamides is 2. The van der Waals surface area contributed by atoms with E-state index in [1.807, 2.05) is 0 Å². The molecule has 0 saturated carbocycles. The number of thioether (sulfide) groups is 1. The first-order valence-corrected chi connectivity index (χ1v) is 14.3. The molecule has 1 saturated heterocycles. The van der Waals surface area contributed by atoms with Gasteiger partial charge in [-0.1, -0.05) is 24.3 Å². The van der Waals surface area contributed by atoms with E-state index in [0.717, 1.165) is 28.4 Å². The quantitative estimate of drug-likeness (QED) is 0.581. The lowest BCUT2D eigenvalue weighted by atomic mass is 10.1. The van der Waals surface area contributed by atoms with Crippen molar-refractivity contribution in [2.75, 3.05) is 31.6 Å². The molecule has 1 aliphatic rings. The molecule has 1 aromatic carbocycles. The molecule has 0 atom stereocenters. The monoisotopic (exact) mass is 489 g/mol. The fourth-order valence-corrected chi connectivity index (χ4v) is 7.57. The third-order valence-electron chi connectivity index (χ3n) is 4.57. The zero-order valence-corrected chi connectivity index (χ0v) is 19.6. The first-order valence-electron chi connectivity index (χ1n) is 9.15. The number of nitrogens with zero attached hydrogens (tertiary/aromatic N) is 1. The summed E-state index contributed by atoms with van der Waals surface area (Å²) < 4.78 is 52.7. The molecule has 0 aliphatic carbocycles. The summed E-state index contributed by atoms with van der Waals surface area (Å²) in [6, 6.07) is 8.32. The van der Waals surface area contributed by atoms with Crippen LogP contribution in [0.3, 0.4) is 0 Å². The minimum atomic E-state index is -3.70. The van der Waals surface area contributed by atoms with Crippen molar-refractivity contribution in [1.29, 1.82) is 0 Å². The summed E-state index contributed by atoms with van der Waals surface area (Å²) >= 11 is 2.81. The maximum atomic E-state index is 12.9. The first kappa shape index (κ1) is 23.2. The van der Waals surface area contributed by atoms with Crippen LogP contribution in [0, 0.1) is 0 Å². The summed E-state index contributed by atoms with van der Waals surface area (Å²) in [6.45, 7) is 1.09. The molecule has 12 heteroatoms. The number of rotatable bonds is 8. The maximum Gasteiger partial charge on any atom is 0.263 e. The normalized spacial score (nSPS) is 15.8. The van der Waals surface area contributed by atoms with Gasteiger partial charge in [0.25, 0.3) is 5.91 Å². The Morgan fingerprint density at radius 2 is 1.67 bits per heavy atom. The average molecular weight is 490 g/mol. The molecule has 1 aromatic heterocycles. The summed E-state index contributed by atoms with van der Waals surface area (Å²) in [7, 11) is -5.68. The van der Waals surface area contributed by atoms with Gasteiger partial charge in [-0.2, -0.15) is 16.1 Å². The number of carbonyl (C=O) groups excluding carboxylic acids is 1. The minimum absolute atomic E-state index is 0.0459. The van der Waals surface area contributed by atoms with Gasteiger partial charge in [-0.15, -0.1) is 11.3 Å². The summed E-state index contributed by atoms with van der Waals surface area (Å²) in [6.07, 6.45) is 0. The number of benzene rings is 1. The third-order valence-corrected chi connectivity index (χ3v) is 9.83. The molecule has 1 fully saturated rings. The van der Waals surface area contributed by atoms with Gasteiger partial charge in [0.2, 0.25) is 20.0 Å². The van der Waals surface area contributed by atoms with E-state index in [2.05, 4.69) is 10.0 Å². The molecular weight excluding hydrogens is 466 g/mol. The van der Waals surface area contributed by atoms with E-state index in [9.17, 15) is 21.6 Å². The lowest BCUT2D eigenvalue weighted by Gasteiger charge is -2.25. The van der Waals surface area contributed by atoms with E-state index in [4.69, 9.17) is 0 Å². The Bertz CT molecular complexity index is 1090. The predicted octanol–water partition coefficient (Wildman–Crippen LogP) is 1.46. The molecule has 0 spiro atoms. The number of thiophene rings is 1. The van der Waals surface area contributed by atoms with E-state index >= 15 is 0 Å². The number of carbonyl (C=O) groups is 1. The van der Waals surface area contributed by atoms with E-state index in [1.165, 1.54) is 17.4 Å². The van der Waals surface area contributed by atoms with Crippen LogP contribution in [0.2, 0.25) is 0 Å². The molecule has 164 valence electrons. The Labute approximate surface area is 185 Å². The fraction of sp³-hybridized carbons (Fsp3) is 0.389. The summed E-state index contributed by atoms with van der Waals surface area (Å²) in [5.41, 5.74) is 1.41. The molecule has 2 aromatic rings. The van der Waals surface area contributed by atoms with Crippen molar-refractivity contribution in [3.8, 4) is 0 Å². The summed E-state index contributed by atoms with van der Waals surface area (Å²) in [5.74, 6) is 0.922. The van der Waals surface area contributed by atoms with Crippen LogP contribution in [-0.4, -0.2) is 58.7 Å². The number of hydrogen-bond donors (Lipinski definition) is 2. The summed E-state index contributed by atoms with van der Waals surface area (Å²) in [4.78, 5) is 12.9. The van der Waals surface area contributed by atoms with Crippen LogP contribution < -0.4 is 10.0 Å². The number of nitrogens with one attached hydrogen (secondary N) is 2. The van der Waals surface area contributed by atoms with Crippen LogP contribution in [0.1, 0.15) is 20.8 Å². The van der Waals surface area contributed by atoms with Crippen molar-refractivity contribution < 1.29 is 21.6 Å². The van der Waals surface area contributed by atoms with Crippen LogP contribution in [0.15, 0.2) is 40.6 Å². The van der Waals surface area contributed by atoms with Gasteiger partial charge in [0.15, 0.2) is 0 Å². The Kier molecular flexibility index (Phi) is 7.58. The molecule has 0 bridgehead atoms. The Balaban J connectivity index is 1.66. The average Bonchev–Trinajstić information content (AvgIpc) is 3.24. The predicted molar refractivity (Wildman–Crippen MR) is 120 cm³/mol. The number of hydrogen-bond acceptors (Lipinski definition) is 7. The molecule has 0 unspecified atom stereocenters. The SMILES string of the molecule is CNS(=O)(=O)Cc1ccc(CNC(=O)c2sccc2S(=O)(=O)N2CCSCC2)cc1. The first-order chi connectivity index (χ1) is 14.2. The molecule has 2 N–H and O–H groups in total. The van der Waals surface area contributed by atoms with Crippen molar-refractivity contribution in [1.82, 2.24) is 14.3 Å². The van der Waals surface area contributed by atoms with Crippen LogP contribution >= 0.6 is 23.1 Å². The van der Waals surface area contributed by atoms with Gasteiger partial charge >= 0.3 is 0 Å². The van der Waals surface area contributed by atoms with Crippen molar-refractivity contribution in [2.45, 2.75) is 17.2 Å². The van der Waals surface area contributed by atoms with Gasteiger partial charge in [0.1, 0.15) is 9.77 Å². The highest BCUT2D eigenvalue weighted by Gasteiger charge is 2.31. The lowest BCUT2D eigenvalue weighted by Crippen LogP contribution is -2.38. The molecule has 3 rings (SSSR count). The molecule has 1 aliphatic heterocycles. The van der Waals surface area contributed by atoms with Gasteiger partial charge in [-0.25, -0.2) is 21.6 Å². The molecule has 30 heavy (non-hydrogen) atoms. The van der Waals surface area contributed by atoms with Crippen LogP contribution in [0.5, 0.6) is 0 Å². The van der Waals surface area contributed by atoms with Crippen LogP contribution in [0.25, 0.3) is 0 Å². The molecule has 1 amide bonds. The largest absolute Gasteiger partial charge is 0.347 e. The zero-order valence-electron chi connectivity index (χ0n) is 16.3. The van der Waals surface area contributed by atoms with Crippen molar-refractivity contribution in [3.63, 3.8) is 0 Å². The molecular formula is C18H23N3O5S4. The van der Waals surface area contributed by atoms with Gasteiger partial charge < -0.3 is 5.32 Å². The highest BCUT2D eigenvalue weighted by molar-refractivity contribution is 7.99. The van der Waals surface area contributed by atoms with Gasteiger partial charge in [0.05, 0.1) is 5.75 Å². The molecule has 2 heterocycles. The van der Waals surface area contributed by atoms with Crippen molar-refractivity contribution in [3.05, 3.63) is 51.7 Å². The van der Waals surface area contributed by atoms with Gasteiger partial charge in [-0.3, -0.25) is 4.79 Å². The van der Waals surface area contributed by atoms with Gasteiger partial charge in [-0.05, 0) is 29.6 Å². The smallest absolute Gasteiger partial charge is 0.263 e. The Hall–Kier alpha value is -1.44. The minimum Gasteiger partial charge on any atom is -0.347 e. The second kappa shape index (κ2) is 9.79. The van der Waals surface area contributed by atoms with E-state index in [1.54, 1.807) is 41.4 Å². The van der Waals surface area contributed by atoms with E-state index in [0.29, 0.717) is 18.7 Å². The zero-order chi connectivity index (χ0) is 21.8. The van der Waals surface area contributed by atoms with Crippen LogP contribution in [-0.2, 0) is 32.3 Å². The third kappa shape index (κ3) is 5.62. The Morgan fingerprint density at radius 1 is 1.03 bits per heavy atom. The number of amides is 1. The topological polar surface area (TPSA) is 113 Å².